The predicted octanol–water partition coefficient (Wildman–Crippen LogP) is 0.218. The van der Waals surface area contributed by atoms with Crippen LogP contribution in [0.25, 0.3) is 0 Å². The van der Waals surface area contributed by atoms with Crippen molar-refractivity contribution in [3.05, 3.63) is 17.5 Å². The topological polar surface area (TPSA) is 58.5 Å². The predicted molar refractivity (Wildman–Crippen MR) is 56.7 cm³/mol. The SMILES string of the molecule is Cc1nc(OCCN(C)C)ncc1CO. The number of hydrogen-bond acceptors (Lipinski definition) is 5. The molecule has 0 unspecified atom stereocenters. The van der Waals surface area contributed by atoms with Crippen molar-refractivity contribution in [2.24, 2.45) is 0 Å². The third-order valence-corrected chi connectivity index (χ3v) is 2.00. The average Bonchev–Trinajstić information content (AvgIpc) is 2.17. The van der Waals surface area contributed by atoms with E-state index in [1.165, 1.54) is 0 Å². The van der Waals surface area contributed by atoms with Crippen LogP contribution in [0.1, 0.15) is 11.3 Å². The first-order chi connectivity index (χ1) is 7.13. The number of aliphatic hydroxyl groups excluding tert-OH is 1. The van der Waals surface area contributed by atoms with E-state index in [1.54, 1.807) is 6.20 Å². The molecule has 0 aliphatic heterocycles. The van der Waals surface area contributed by atoms with Crippen molar-refractivity contribution in [2.45, 2.75) is 13.5 Å². The lowest BCUT2D eigenvalue weighted by Gasteiger charge is -2.10. The summed E-state index contributed by atoms with van der Waals surface area (Å²) < 4.78 is 5.35. The van der Waals surface area contributed by atoms with E-state index in [1.807, 2.05) is 25.9 Å². The van der Waals surface area contributed by atoms with E-state index in [0.29, 0.717) is 12.6 Å². The van der Waals surface area contributed by atoms with Gasteiger partial charge >= 0.3 is 6.01 Å². The zero-order valence-corrected chi connectivity index (χ0v) is 9.40. The van der Waals surface area contributed by atoms with Crippen molar-refractivity contribution in [3.8, 4) is 6.01 Å². The third-order valence-electron chi connectivity index (χ3n) is 2.00. The van der Waals surface area contributed by atoms with Gasteiger partial charge in [0.25, 0.3) is 0 Å². The molecule has 0 bridgehead atoms. The number of hydrogen-bond donors (Lipinski definition) is 1. The average molecular weight is 211 g/mol. The van der Waals surface area contributed by atoms with Crippen LogP contribution in [-0.2, 0) is 6.61 Å². The maximum atomic E-state index is 8.93. The zero-order valence-electron chi connectivity index (χ0n) is 9.40. The maximum Gasteiger partial charge on any atom is 0.316 e. The van der Waals surface area contributed by atoms with Crippen LogP contribution in [0.3, 0.4) is 0 Å². The van der Waals surface area contributed by atoms with Crippen LogP contribution in [-0.4, -0.2) is 47.2 Å². The summed E-state index contributed by atoms with van der Waals surface area (Å²) in [4.78, 5) is 10.1. The number of aryl methyl sites for hydroxylation is 1. The molecular formula is C10H17N3O2. The first-order valence-electron chi connectivity index (χ1n) is 4.84. The summed E-state index contributed by atoms with van der Waals surface area (Å²) in [6, 6.07) is 0.367. The van der Waals surface area contributed by atoms with Crippen LogP contribution in [0.2, 0.25) is 0 Å². The third kappa shape index (κ3) is 3.81. The Morgan fingerprint density at radius 1 is 1.47 bits per heavy atom. The molecule has 1 N–H and O–H groups in total. The van der Waals surface area contributed by atoms with Gasteiger partial charge < -0.3 is 14.7 Å². The summed E-state index contributed by atoms with van der Waals surface area (Å²) in [5.41, 5.74) is 1.49. The Morgan fingerprint density at radius 3 is 2.73 bits per heavy atom. The molecule has 1 rings (SSSR count). The first kappa shape index (κ1) is 11.9. The Bertz CT molecular complexity index is 316. The molecule has 15 heavy (non-hydrogen) atoms. The quantitative estimate of drug-likeness (QED) is 0.755. The summed E-state index contributed by atoms with van der Waals surface area (Å²) in [6.07, 6.45) is 1.59. The summed E-state index contributed by atoms with van der Waals surface area (Å²) in [6.45, 7) is 3.17. The molecule has 0 saturated carbocycles. The van der Waals surface area contributed by atoms with Gasteiger partial charge in [-0.1, -0.05) is 0 Å². The van der Waals surface area contributed by atoms with Crippen LogP contribution in [0.4, 0.5) is 0 Å². The molecule has 1 aromatic rings. The minimum atomic E-state index is -0.0379. The molecule has 0 atom stereocenters. The Labute approximate surface area is 89.7 Å². The van der Waals surface area contributed by atoms with Crippen LogP contribution < -0.4 is 4.74 Å². The van der Waals surface area contributed by atoms with Crippen LogP contribution in [0.5, 0.6) is 6.01 Å². The second-order valence-electron chi connectivity index (χ2n) is 3.57. The minimum Gasteiger partial charge on any atom is -0.462 e. The Morgan fingerprint density at radius 2 is 2.20 bits per heavy atom. The minimum absolute atomic E-state index is 0.0379. The Kier molecular flexibility index (Phi) is 4.45. The highest BCUT2D eigenvalue weighted by Gasteiger charge is 2.03. The highest BCUT2D eigenvalue weighted by atomic mass is 16.5. The monoisotopic (exact) mass is 211 g/mol. The van der Waals surface area contributed by atoms with Gasteiger partial charge in [0.1, 0.15) is 6.61 Å². The molecule has 0 aromatic carbocycles. The summed E-state index contributed by atoms with van der Waals surface area (Å²) in [5.74, 6) is 0. The van der Waals surface area contributed by atoms with Crippen LogP contribution in [0.15, 0.2) is 6.20 Å². The molecule has 0 aliphatic rings. The van der Waals surface area contributed by atoms with E-state index in [2.05, 4.69) is 9.97 Å². The van der Waals surface area contributed by atoms with Gasteiger partial charge in [0.2, 0.25) is 0 Å². The summed E-state index contributed by atoms with van der Waals surface area (Å²) in [5, 5.41) is 8.93. The highest BCUT2D eigenvalue weighted by molar-refractivity contribution is 5.16. The van der Waals surface area contributed by atoms with Gasteiger partial charge in [0.15, 0.2) is 0 Å². The molecule has 0 saturated heterocycles. The number of likely N-dealkylation sites (N-methyl/N-ethyl adjacent to an activating group) is 1. The summed E-state index contributed by atoms with van der Waals surface area (Å²) in [7, 11) is 3.95. The summed E-state index contributed by atoms with van der Waals surface area (Å²) >= 11 is 0. The second-order valence-corrected chi connectivity index (χ2v) is 3.57. The number of aliphatic hydroxyl groups is 1. The second kappa shape index (κ2) is 5.63. The number of rotatable bonds is 5. The fourth-order valence-corrected chi connectivity index (χ4v) is 1.01. The molecule has 5 nitrogen and oxygen atoms in total. The smallest absolute Gasteiger partial charge is 0.316 e. The molecule has 0 aliphatic carbocycles. The van der Waals surface area contributed by atoms with E-state index < -0.39 is 0 Å². The van der Waals surface area contributed by atoms with Crippen molar-refractivity contribution in [3.63, 3.8) is 0 Å². The lowest BCUT2D eigenvalue weighted by molar-refractivity contribution is 0.243. The number of ether oxygens (including phenoxy) is 1. The fourth-order valence-electron chi connectivity index (χ4n) is 1.01. The van der Waals surface area contributed by atoms with Gasteiger partial charge in [0.05, 0.1) is 12.3 Å². The van der Waals surface area contributed by atoms with Crippen molar-refractivity contribution < 1.29 is 9.84 Å². The Balaban J connectivity index is 2.52. The van der Waals surface area contributed by atoms with Gasteiger partial charge in [0, 0.05) is 18.3 Å². The van der Waals surface area contributed by atoms with E-state index in [0.717, 1.165) is 17.8 Å². The first-order valence-corrected chi connectivity index (χ1v) is 4.84. The lowest BCUT2D eigenvalue weighted by atomic mass is 10.3. The van der Waals surface area contributed by atoms with Crippen molar-refractivity contribution in [1.29, 1.82) is 0 Å². The van der Waals surface area contributed by atoms with E-state index >= 15 is 0 Å². The Hall–Kier alpha value is -1.20. The van der Waals surface area contributed by atoms with Crippen molar-refractivity contribution in [1.82, 2.24) is 14.9 Å². The van der Waals surface area contributed by atoms with E-state index in [-0.39, 0.29) is 6.61 Å². The lowest BCUT2D eigenvalue weighted by Crippen LogP contribution is -2.20. The number of nitrogens with zero attached hydrogens (tertiary/aromatic N) is 3. The number of aromatic nitrogens is 2. The molecule has 1 aromatic heterocycles. The molecule has 5 heteroatoms. The van der Waals surface area contributed by atoms with Crippen LogP contribution >= 0.6 is 0 Å². The molecular weight excluding hydrogens is 194 g/mol. The van der Waals surface area contributed by atoms with E-state index in [4.69, 9.17) is 9.84 Å². The van der Waals surface area contributed by atoms with Gasteiger partial charge in [-0.3, -0.25) is 0 Å². The highest BCUT2D eigenvalue weighted by Crippen LogP contribution is 2.08. The van der Waals surface area contributed by atoms with Gasteiger partial charge in [-0.05, 0) is 21.0 Å². The molecule has 0 fully saturated rings. The molecule has 1 heterocycles. The molecule has 0 amide bonds. The van der Waals surface area contributed by atoms with Crippen molar-refractivity contribution in [2.75, 3.05) is 27.2 Å². The molecule has 0 spiro atoms. The van der Waals surface area contributed by atoms with Gasteiger partial charge in [-0.25, -0.2) is 9.97 Å². The zero-order chi connectivity index (χ0) is 11.3. The van der Waals surface area contributed by atoms with E-state index in [9.17, 15) is 0 Å². The van der Waals surface area contributed by atoms with Gasteiger partial charge in [-0.15, -0.1) is 0 Å². The molecule has 84 valence electrons. The van der Waals surface area contributed by atoms with Gasteiger partial charge in [-0.2, -0.15) is 0 Å². The largest absolute Gasteiger partial charge is 0.462 e. The maximum absolute atomic E-state index is 8.93. The van der Waals surface area contributed by atoms with Crippen LogP contribution in [0, 0.1) is 6.92 Å². The normalized spacial score (nSPS) is 10.7. The standard InChI is InChI=1S/C10H17N3O2/c1-8-9(7-14)6-11-10(12-8)15-5-4-13(2)3/h6,14H,4-5,7H2,1-3H3. The molecule has 0 radical (unpaired) electrons. The van der Waals surface area contributed by atoms with Crippen molar-refractivity contribution >= 4 is 0 Å². The fraction of sp³-hybridized carbons (Fsp3) is 0.600.